The van der Waals surface area contributed by atoms with E-state index in [1.165, 1.54) is 38.3 Å². The van der Waals surface area contributed by atoms with E-state index in [9.17, 15) is 4.79 Å². The second-order valence-corrected chi connectivity index (χ2v) is 7.81. The Balaban J connectivity index is 0.000000221. The monoisotopic (exact) mass is 414 g/mol. The van der Waals surface area contributed by atoms with Crippen molar-refractivity contribution in [3.05, 3.63) is 46.5 Å². The van der Waals surface area contributed by atoms with Gasteiger partial charge in [0.25, 0.3) is 5.91 Å². The number of hydrogen-bond acceptors (Lipinski definition) is 6. The van der Waals surface area contributed by atoms with Gasteiger partial charge in [0.1, 0.15) is 6.07 Å². The van der Waals surface area contributed by atoms with Crippen molar-refractivity contribution in [3.8, 4) is 6.07 Å². The lowest BCUT2D eigenvalue weighted by Crippen LogP contribution is -2.33. The van der Waals surface area contributed by atoms with Crippen LogP contribution in [0.25, 0.3) is 0 Å². The lowest BCUT2D eigenvalue weighted by molar-refractivity contribution is 0.0989. The summed E-state index contributed by atoms with van der Waals surface area (Å²) in [5, 5.41) is 16.7. The maximum Gasteiger partial charge on any atom is 0.288 e. The van der Waals surface area contributed by atoms with Crippen LogP contribution in [0.4, 0.5) is 5.69 Å². The smallest absolute Gasteiger partial charge is 0.288 e. The van der Waals surface area contributed by atoms with E-state index in [0.29, 0.717) is 16.6 Å². The third-order valence-corrected chi connectivity index (χ3v) is 5.31. The summed E-state index contributed by atoms with van der Waals surface area (Å²) in [7, 11) is 2.12. The molecule has 1 heterocycles. The van der Waals surface area contributed by atoms with Gasteiger partial charge in [-0.25, -0.2) is 4.98 Å². The molecule has 1 aliphatic carbocycles. The molecule has 2 aromatic rings. The van der Waals surface area contributed by atoms with Gasteiger partial charge in [-0.1, -0.05) is 44.7 Å². The molecule has 29 heavy (non-hydrogen) atoms. The lowest BCUT2D eigenvalue weighted by atomic mass is 9.94. The van der Waals surface area contributed by atoms with Crippen LogP contribution in [0.15, 0.2) is 24.4 Å². The molecule has 1 aliphatic rings. The van der Waals surface area contributed by atoms with E-state index < -0.39 is 5.91 Å². The number of benzene rings is 1. The molecular weight excluding hydrogens is 388 g/mol. The summed E-state index contributed by atoms with van der Waals surface area (Å²) in [5.74, 6) is -0.441. The van der Waals surface area contributed by atoms with Gasteiger partial charge in [-0.3, -0.25) is 4.79 Å². The van der Waals surface area contributed by atoms with Crippen LogP contribution in [-0.4, -0.2) is 34.2 Å². The number of rotatable bonds is 4. The summed E-state index contributed by atoms with van der Waals surface area (Å²) >= 11 is 6.06. The average Bonchev–Trinajstić information content (AvgIpc) is 2.74. The molecule has 1 aromatic heterocycles. The van der Waals surface area contributed by atoms with Crippen molar-refractivity contribution in [2.75, 3.05) is 11.9 Å². The summed E-state index contributed by atoms with van der Waals surface area (Å²) in [4.78, 5) is 16.6. The predicted molar refractivity (Wildman–Crippen MR) is 114 cm³/mol. The molecule has 0 bridgehead atoms. The van der Waals surface area contributed by atoms with Gasteiger partial charge < -0.3 is 10.6 Å². The molecular formula is C21H27ClN6O. The van der Waals surface area contributed by atoms with Crippen molar-refractivity contribution in [2.24, 2.45) is 5.73 Å². The number of carbonyl (C=O) groups excluding carboxylic acids is 1. The van der Waals surface area contributed by atoms with Crippen LogP contribution in [0.1, 0.15) is 73.7 Å². The van der Waals surface area contributed by atoms with Crippen LogP contribution in [0.2, 0.25) is 5.02 Å². The first-order valence-electron chi connectivity index (χ1n) is 9.75. The Kier molecular flexibility index (Phi) is 8.34. The van der Waals surface area contributed by atoms with E-state index in [1.807, 2.05) is 26.0 Å². The van der Waals surface area contributed by atoms with Crippen LogP contribution in [-0.2, 0) is 0 Å². The van der Waals surface area contributed by atoms with Gasteiger partial charge in [0.05, 0.1) is 22.5 Å². The molecule has 2 N–H and O–H groups in total. The first-order valence-corrected chi connectivity index (χ1v) is 10.1. The fourth-order valence-corrected chi connectivity index (χ4v) is 3.37. The molecule has 8 heteroatoms. The third kappa shape index (κ3) is 6.40. The molecule has 0 spiro atoms. The molecule has 1 aromatic carbocycles. The molecule has 0 saturated heterocycles. The molecule has 1 fully saturated rings. The minimum absolute atomic E-state index is 0.0422. The van der Waals surface area contributed by atoms with Gasteiger partial charge in [-0.15, -0.1) is 5.10 Å². The highest BCUT2D eigenvalue weighted by Crippen LogP contribution is 2.28. The maximum atomic E-state index is 10.5. The van der Waals surface area contributed by atoms with Crippen LogP contribution < -0.4 is 10.6 Å². The summed E-state index contributed by atoms with van der Waals surface area (Å²) in [5.41, 5.74) is 7.35. The Hall–Kier alpha value is -2.72. The van der Waals surface area contributed by atoms with E-state index in [-0.39, 0.29) is 11.7 Å². The Morgan fingerprint density at radius 1 is 1.28 bits per heavy atom. The summed E-state index contributed by atoms with van der Waals surface area (Å²) < 4.78 is 0. The number of nitrogens with zero attached hydrogens (tertiary/aromatic N) is 5. The summed E-state index contributed by atoms with van der Waals surface area (Å²) in [6.45, 7) is 3.94. The van der Waals surface area contributed by atoms with Crippen molar-refractivity contribution in [2.45, 2.75) is 57.9 Å². The normalized spacial score (nSPS) is 13.9. The van der Waals surface area contributed by atoms with Crippen molar-refractivity contribution in [1.29, 1.82) is 5.26 Å². The Labute approximate surface area is 176 Å². The number of anilines is 1. The Morgan fingerprint density at radius 2 is 1.97 bits per heavy atom. The van der Waals surface area contributed by atoms with Crippen molar-refractivity contribution in [1.82, 2.24) is 15.2 Å². The minimum Gasteiger partial charge on any atom is -0.372 e. The zero-order valence-corrected chi connectivity index (χ0v) is 17.9. The van der Waals surface area contributed by atoms with Crippen LogP contribution >= 0.6 is 11.6 Å². The number of halogens is 1. The standard InChI is InChI=1S/C14H17ClN2.C7H10N4O/c1-17(12-5-3-2-4-6-12)13-8-7-11(10-16)14(15)9-13;1-4(2)5-3-9-7(6(8)12)11-10-5/h7-9,12H,2-6H2,1H3;3-4H,1-2H3,(H2,8,12). The molecule has 1 saturated carbocycles. The third-order valence-electron chi connectivity index (χ3n) is 4.99. The maximum absolute atomic E-state index is 10.5. The summed E-state index contributed by atoms with van der Waals surface area (Å²) in [6.07, 6.45) is 8.02. The van der Waals surface area contributed by atoms with Gasteiger partial charge in [0.15, 0.2) is 0 Å². The largest absolute Gasteiger partial charge is 0.372 e. The second-order valence-electron chi connectivity index (χ2n) is 7.40. The quantitative estimate of drug-likeness (QED) is 0.807. The van der Waals surface area contributed by atoms with Gasteiger partial charge >= 0.3 is 0 Å². The second kappa shape index (κ2) is 10.7. The molecule has 0 unspecified atom stereocenters. The highest BCUT2D eigenvalue weighted by atomic mass is 35.5. The fourth-order valence-electron chi connectivity index (χ4n) is 3.15. The Morgan fingerprint density at radius 3 is 2.45 bits per heavy atom. The molecule has 0 atom stereocenters. The van der Waals surface area contributed by atoms with Crippen LogP contribution in [0.5, 0.6) is 0 Å². The molecule has 0 aliphatic heterocycles. The zero-order chi connectivity index (χ0) is 21.4. The number of amides is 1. The number of nitrogens with two attached hydrogens (primary N) is 1. The van der Waals surface area contributed by atoms with E-state index in [0.717, 1.165) is 11.4 Å². The Bertz CT molecular complexity index is 856. The van der Waals surface area contributed by atoms with Crippen LogP contribution in [0.3, 0.4) is 0 Å². The molecule has 1 amide bonds. The topological polar surface area (TPSA) is 109 Å². The highest BCUT2D eigenvalue weighted by Gasteiger charge is 2.18. The van der Waals surface area contributed by atoms with Crippen molar-refractivity contribution < 1.29 is 4.79 Å². The number of aromatic nitrogens is 3. The number of hydrogen-bond donors (Lipinski definition) is 1. The van der Waals surface area contributed by atoms with Gasteiger partial charge in [0.2, 0.25) is 5.82 Å². The summed E-state index contributed by atoms with van der Waals surface area (Å²) in [6, 6.07) is 8.39. The van der Waals surface area contributed by atoms with Crippen molar-refractivity contribution in [3.63, 3.8) is 0 Å². The van der Waals surface area contributed by atoms with Gasteiger partial charge in [-0.2, -0.15) is 10.4 Å². The number of carbonyl (C=O) groups is 1. The average molecular weight is 415 g/mol. The van der Waals surface area contributed by atoms with E-state index >= 15 is 0 Å². The number of nitriles is 1. The van der Waals surface area contributed by atoms with Crippen molar-refractivity contribution >= 4 is 23.2 Å². The number of primary amides is 1. The highest BCUT2D eigenvalue weighted by molar-refractivity contribution is 6.32. The minimum atomic E-state index is -0.655. The molecule has 154 valence electrons. The first kappa shape index (κ1) is 22.6. The molecule has 7 nitrogen and oxygen atoms in total. The van der Waals surface area contributed by atoms with E-state index in [4.69, 9.17) is 22.6 Å². The van der Waals surface area contributed by atoms with Crippen LogP contribution in [0, 0.1) is 11.3 Å². The zero-order valence-electron chi connectivity index (χ0n) is 17.1. The predicted octanol–water partition coefficient (Wildman–Crippen LogP) is 4.07. The fraction of sp³-hybridized carbons (Fsp3) is 0.476. The SMILES string of the molecule is CC(C)c1cnc(C(N)=O)nn1.CN(c1ccc(C#N)c(Cl)c1)C1CCCCC1. The van der Waals surface area contributed by atoms with E-state index in [2.05, 4.69) is 33.2 Å². The lowest BCUT2D eigenvalue weighted by Gasteiger charge is -2.33. The first-order chi connectivity index (χ1) is 13.8. The van der Waals surface area contributed by atoms with Gasteiger partial charge in [0, 0.05) is 18.8 Å². The molecule has 0 radical (unpaired) electrons. The van der Waals surface area contributed by atoms with Gasteiger partial charge in [-0.05, 0) is 37.0 Å². The molecule has 3 rings (SSSR count). The van der Waals surface area contributed by atoms with E-state index in [1.54, 1.807) is 6.07 Å².